The predicted octanol–water partition coefficient (Wildman–Crippen LogP) is 3.95. The molecule has 0 aliphatic rings. The third kappa shape index (κ3) is 1.94. The molecule has 0 atom stereocenters. The van der Waals surface area contributed by atoms with Crippen molar-refractivity contribution in [3.05, 3.63) is 83.7 Å². The number of rotatable bonds is 2. The van der Waals surface area contributed by atoms with Crippen LogP contribution in [0.5, 0.6) is 0 Å². The van der Waals surface area contributed by atoms with E-state index in [0.29, 0.717) is 5.69 Å². The Kier molecular flexibility index (Phi) is 2.87. The van der Waals surface area contributed by atoms with Crippen LogP contribution in [0.1, 0.15) is 16.8 Å². The topological polar surface area (TPSA) is 41.1 Å². The number of benzene rings is 2. The lowest BCUT2D eigenvalue weighted by Gasteiger charge is -2.01. The highest BCUT2D eigenvalue weighted by atomic mass is 15.2. The minimum Gasteiger partial charge on any atom is -0.222 e. The number of nitriles is 1. The van der Waals surface area contributed by atoms with E-state index in [1.54, 1.807) is 4.52 Å². The molecule has 0 bridgehead atoms. The fourth-order valence-corrected chi connectivity index (χ4v) is 2.90. The van der Waals surface area contributed by atoms with Crippen LogP contribution < -0.4 is 0 Å². The van der Waals surface area contributed by atoms with E-state index in [1.165, 1.54) is 5.56 Å². The zero-order valence-corrected chi connectivity index (χ0v) is 11.9. The van der Waals surface area contributed by atoms with E-state index >= 15 is 0 Å². The minimum absolute atomic E-state index is 0.615. The smallest absolute Gasteiger partial charge is 0.146 e. The number of hydrogen-bond acceptors (Lipinski definition) is 2. The van der Waals surface area contributed by atoms with Crippen LogP contribution in [0.2, 0.25) is 0 Å². The molecule has 0 N–H and O–H groups in total. The molecular formula is C19H13N3. The van der Waals surface area contributed by atoms with E-state index in [1.807, 2.05) is 42.6 Å². The normalized spacial score (nSPS) is 10.9. The quantitative estimate of drug-likeness (QED) is 0.559. The van der Waals surface area contributed by atoms with Gasteiger partial charge in [-0.25, -0.2) is 4.52 Å². The summed E-state index contributed by atoms with van der Waals surface area (Å²) in [6.07, 6.45) is 2.55. The molecule has 0 aliphatic carbocycles. The van der Waals surface area contributed by atoms with E-state index in [-0.39, 0.29) is 0 Å². The molecule has 4 rings (SSSR count). The van der Waals surface area contributed by atoms with Crippen LogP contribution >= 0.6 is 0 Å². The predicted molar refractivity (Wildman–Crippen MR) is 86.7 cm³/mol. The lowest BCUT2D eigenvalue weighted by Crippen LogP contribution is -1.96. The molecule has 0 saturated heterocycles. The van der Waals surface area contributed by atoms with Crippen LogP contribution in [0.25, 0.3) is 16.3 Å². The van der Waals surface area contributed by atoms with Gasteiger partial charge >= 0.3 is 0 Å². The first-order valence-electron chi connectivity index (χ1n) is 7.19. The highest BCUT2D eigenvalue weighted by molar-refractivity contribution is 5.95. The summed E-state index contributed by atoms with van der Waals surface area (Å²) in [6.45, 7) is 0. The first kappa shape index (κ1) is 12.6. The minimum atomic E-state index is 0.615. The number of fused-ring (bicyclic) bond motifs is 3. The second-order valence-corrected chi connectivity index (χ2v) is 5.32. The zero-order chi connectivity index (χ0) is 14.9. The summed E-state index contributed by atoms with van der Waals surface area (Å²) in [7, 11) is 0. The fourth-order valence-electron chi connectivity index (χ4n) is 2.90. The van der Waals surface area contributed by atoms with Crippen molar-refractivity contribution >= 4 is 16.3 Å². The van der Waals surface area contributed by atoms with Crippen LogP contribution in [0, 0.1) is 11.3 Å². The lowest BCUT2D eigenvalue weighted by molar-refractivity contribution is 0.925. The average molecular weight is 283 g/mol. The van der Waals surface area contributed by atoms with Gasteiger partial charge in [0.05, 0.1) is 11.7 Å². The molecule has 0 saturated carbocycles. The molecule has 2 heterocycles. The van der Waals surface area contributed by atoms with Gasteiger partial charge in [0.15, 0.2) is 0 Å². The fraction of sp³-hybridized carbons (Fsp3) is 0.0526. The maximum atomic E-state index is 9.54. The van der Waals surface area contributed by atoms with Gasteiger partial charge in [0.25, 0.3) is 0 Å². The van der Waals surface area contributed by atoms with Crippen molar-refractivity contribution in [1.82, 2.24) is 9.61 Å². The van der Waals surface area contributed by atoms with Crippen molar-refractivity contribution in [3.63, 3.8) is 0 Å². The van der Waals surface area contributed by atoms with E-state index in [0.717, 1.165) is 28.3 Å². The van der Waals surface area contributed by atoms with E-state index < -0.39 is 0 Å². The average Bonchev–Trinajstić information content (AvgIpc) is 2.93. The molecule has 2 aromatic carbocycles. The molecule has 3 nitrogen and oxygen atoms in total. The highest BCUT2D eigenvalue weighted by Gasteiger charge is 2.13. The van der Waals surface area contributed by atoms with Crippen LogP contribution in [0.3, 0.4) is 0 Å². The number of aromatic nitrogens is 2. The summed E-state index contributed by atoms with van der Waals surface area (Å²) in [5, 5.41) is 16.2. The largest absolute Gasteiger partial charge is 0.222 e. The lowest BCUT2D eigenvalue weighted by atomic mass is 10.1. The highest BCUT2D eigenvalue weighted by Crippen LogP contribution is 2.25. The standard InChI is InChI=1S/C19H13N3/c20-12-19-16(10-14-6-2-1-3-7-14)11-18-17-9-5-4-8-15(17)13-21-22(18)19/h1-9,11,13H,10H2. The van der Waals surface area contributed by atoms with Gasteiger partial charge in [-0.15, -0.1) is 0 Å². The molecule has 3 heteroatoms. The molecular weight excluding hydrogens is 270 g/mol. The Morgan fingerprint density at radius 2 is 1.77 bits per heavy atom. The molecule has 0 aliphatic heterocycles. The molecule has 0 radical (unpaired) electrons. The van der Waals surface area contributed by atoms with Crippen molar-refractivity contribution in [2.45, 2.75) is 6.42 Å². The Morgan fingerprint density at radius 1 is 1.00 bits per heavy atom. The first-order chi connectivity index (χ1) is 10.9. The van der Waals surface area contributed by atoms with E-state index in [4.69, 9.17) is 0 Å². The maximum absolute atomic E-state index is 9.54. The van der Waals surface area contributed by atoms with Gasteiger partial charge in [0.1, 0.15) is 11.8 Å². The zero-order valence-electron chi connectivity index (χ0n) is 11.9. The van der Waals surface area contributed by atoms with Crippen LogP contribution in [0.15, 0.2) is 66.9 Å². The third-order valence-corrected chi connectivity index (χ3v) is 3.95. The van der Waals surface area contributed by atoms with Crippen molar-refractivity contribution in [2.75, 3.05) is 0 Å². The van der Waals surface area contributed by atoms with Crippen LogP contribution in [0.4, 0.5) is 0 Å². The first-order valence-corrected chi connectivity index (χ1v) is 7.19. The molecule has 0 unspecified atom stereocenters. The second kappa shape index (κ2) is 5.01. The van der Waals surface area contributed by atoms with Gasteiger partial charge in [0, 0.05) is 17.2 Å². The molecule has 0 amide bonds. The molecule has 0 fully saturated rings. The molecule has 0 spiro atoms. The van der Waals surface area contributed by atoms with Crippen molar-refractivity contribution < 1.29 is 0 Å². The van der Waals surface area contributed by atoms with Gasteiger partial charge in [0.2, 0.25) is 0 Å². The van der Waals surface area contributed by atoms with Gasteiger partial charge in [-0.1, -0.05) is 54.6 Å². The van der Waals surface area contributed by atoms with Gasteiger partial charge in [-0.3, -0.25) is 0 Å². The summed E-state index contributed by atoms with van der Waals surface area (Å²) < 4.78 is 1.75. The number of nitrogens with zero attached hydrogens (tertiary/aromatic N) is 3. The Morgan fingerprint density at radius 3 is 2.59 bits per heavy atom. The Bertz CT molecular complexity index is 1010. The van der Waals surface area contributed by atoms with Crippen molar-refractivity contribution in [3.8, 4) is 6.07 Å². The second-order valence-electron chi connectivity index (χ2n) is 5.32. The van der Waals surface area contributed by atoms with Gasteiger partial charge in [-0.05, 0) is 17.2 Å². The van der Waals surface area contributed by atoms with E-state index in [2.05, 4.69) is 35.4 Å². The van der Waals surface area contributed by atoms with Crippen molar-refractivity contribution in [2.24, 2.45) is 0 Å². The van der Waals surface area contributed by atoms with Gasteiger partial charge in [-0.2, -0.15) is 10.4 Å². The van der Waals surface area contributed by atoms with E-state index in [9.17, 15) is 5.26 Å². The Hall–Kier alpha value is -3.12. The van der Waals surface area contributed by atoms with Gasteiger partial charge < -0.3 is 0 Å². The Labute approximate surface area is 128 Å². The third-order valence-electron chi connectivity index (χ3n) is 3.95. The summed E-state index contributed by atoms with van der Waals surface area (Å²) in [6, 6.07) is 22.7. The molecule has 4 aromatic rings. The Balaban J connectivity index is 1.95. The van der Waals surface area contributed by atoms with Crippen LogP contribution in [-0.2, 0) is 6.42 Å². The summed E-state index contributed by atoms with van der Waals surface area (Å²) in [5.41, 5.74) is 3.81. The molecule has 22 heavy (non-hydrogen) atoms. The summed E-state index contributed by atoms with van der Waals surface area (Å²) in [5.74, 6) is 0. The monoisotopic (exact) mass is 283 g/mol. The SMILES string of the molecule is N#Cc1c(Cc2ccccc2)cc2c3ccccc3cnn12. The summed E-state index contributed by atoms with van der Waals surface area (Å²) >= 11 is 0. The van der Waals surface area contributed by atoms with Crippen LogP contribution in [-0.4, -0.2) is 9.61 Å². The number of hydrogen-bond donors (Lipinski definition) is 0. The molecule has 104 valence electrons. The van der Waals surface area contributed by atoms with Crippen molar-refractivity contribution in [1.29, 1.82) is 5.26 Å². The maximum Gasteiger partial charge on any atom is 0.146 e. The molecule has 2 aromatic heterocycles. The summed E-state index contributed by atoms with van der Waals surface area (Å²) in [4.78, 5) is 0.